The molecule has 0 radical (unpaired) electrons. The van der Waals surface area contributed by atoms with E-state index in [1.54, 1.807) is 12.1 Å². The molecule has 0 bridgehead atoms. The number of aromatic amines is 1. The van der Waals surface area contributed by atoms with E-state index in [-0.39, 0.29) is 5.56 Å². The van der Waals surface area contributed by atoms with Crippen LogP contribution < -0.4 is 0 Å². The molecule has 104 valence electrons. The predicted octanol–water partition coefficient (Wildman–Crippen LogP) is 3.14. The fourth-order valence-electron chi connectivity index (χ4n) is 3.17. The maximum Gasteiger partial charge on any atom is 0.337 e. The number of carboxylic acids is 1. The van der Waals surface area contributed by atoms with Gasteiger partial charge in [0.15, 0.2) is 0 Å². The molecule has 4 nitrogen and oxygen atoms in total. The van der Waals surface area contributed by atoms with Crippen LogP contribution in [0, 0.1) is 0 Å². The molecule has 0 aliphatic heterocycles. The van der Waals surface area contributed by atoms with Gasteiger partial charge in [-0.1, -0.05) is 30.3 Å². The fourth-order valence-corrected chi connectivity index (χ4v) is 3.17. The van der Waals surface area contributed by atoms with Crippen LogP contribution in [0.3, 0.4) is 0 Å². The lowest BCUT2D eigenvalue weighted by Crippen LogP contribution is -2.00. The van der Waals surface area contributed by atoms with Gasteiger partial charge in [-0.25, -0.2) is 9.78 Å². The van der Waals surface area contributed by atoms with E-state index in [2.05, 4.69) is 34.2 Å². The third-order valence-corrected chi connectivity index (χ3v) is 4.20. The van der Waals surface area contributed by atoms with Gasteiger partial charge in [-0.2, -0.15) is 0 Å². The van der Waals surface area contributed by atoms with Crippen molar-refractivity contribution in [1.29, 1.82) is 0 Å². The van der Waals surface area contributed by atoms with Crippen molar-refractivity contribution in [3.8, 4) is 0 Å². The van der Waals surface area contributed by atoms with Crippen molar-refractivity contribution in [1.82, 2.24) is 9.97 Å². The molecule has 0 fully saturated rings. The first-order valence-electron chi connectivity index (χ1n) is 7.01. The van der Waals surface area contributed by atoms with E-state index < -0.39 is 5.97 Å². The van der Waals surface area contributed by atoms with E-state index in [1.165, 1.54) is 11.1 Å². The molecular formula is C17H14N2O2. The number of hydrogen-bond acceptors (Lipinski definition) is 2. The number of carbonyl (C=O) groups is 1. The summed E-state index contributed by atoms with van der Waals surface area (Å²) in [6, 6.07) is 13.6. The third-order valence-electron chi connectivity index (χ3n) is 4.20. The summed E-state index contributed by atoms with van der Waals surface area (Å²) in [6.45, 7) is 0. The molecule has 0 unspecified atom stereocenters. The van der Waals surface area contributed by atoms with Gasteiger partial charge in [0.1, 0.15) is 11.3 Å². The van der Waals surface area contributed by atoms with Crippen molar-refractivity contribution >= 4 is 17.0 Å². The Balaban J connectivity index is 1.76. The molecule has 0 saturated heterocycles. The van der Waals surface area contributed by atoms with Crippen molar-refractivity contribution in [2.75, 3.05) is 0 Å². The lowest BCUT2D eigenvalue weighted by molar-refractivity contribution is 0.0699. The first-order chi connectivity index (χ1) is 10.2. The van der Waals surface area contributed by atoms with Gasteiger partial charge in [0.25, 0.3) is 0 Å². The molecule has 3 aromatic rings. The van der Waals surface area contributed by atoms with Crippen molar-refractivity contribution in [3.05, 3.63) is 65.0 Å². The zero-order valence-corrected chi connectivity index (χ0v) is 11.3. The Morgan fingerprint density at radius 1 is 1.10 bits per heavy atom. The Bertz CT molecular complexity index is 826. The summed E-state index contributed by atoms with van der Waals surface area (Å²) in [6.07, 6.45) is 1.91. The Morgan fingerprint density at radius 2 is 1.81 bits per heavy atom. The molecule has 1 aromatic heterocycles. The summed E-state index contributed by atoms with van der Waals surface area (Å²) in [7, 11) is 0. The molecule has 0 spiro atoms. The minimum Gasteiger partial charge on any atom is -0.478 e. The maximum absolute atomic E-state index is 11.3. The second-order valence-electron chi connectivity index (χ2n) is 5.50. The monoisotopic (exact) mass is 278 g/mol. The van der Waals surface area contributed by atoms with Crippen LogP contribution in [-0.2, 0) is 12.8 Å². The molecule has 2 N–H and O–H groups in total. The van der Waals surface area contributed by atoms with Crippen LogP contribution in [-0.4, -0.2) is 21.0 Å². The number of fused-ring (bicyclic) bond motifs is 2. The van der Waals surface area contributed by atoms with Crippen molar-refractivity contribution in [3.63, 3.8) is 0 Å². The highest BCUT2D eigenvalue weighted by Gasteiger charge is 2.25. The zero-order valence-electron chi connectivity index (χ0n) is 11.3. The summed E-state index contributed by atoms with van der Waals surface area (Å²) in [5.74, 6) is 0.250. The Morgan fingerprint density at radius 3 is 2.48 bits per heavy atom. The largest absolute Gasteiger partial charge is 0.478 e. The zero-order chi connectivity index (χ0) is 14.4. The van der Waals surface area contributed by atoms with E-state index in [0.29, 0.717) is 11.4 Å². The molecule has 2 aromatic carbocycles. The number of rotatable bonds is 2. The molecule has 0 atom stereocenters. The number of carboxylic acid groups (broad SMARTS) is 1. The maximum atomic E-state index is 11.3. The van der Waals surface area contributed by atoms with E-state index in [1.807, 2.05) is 6.07 Å². The number of aromatic carboxylic acids is 1. The third kappa shape index (κ3) is 1.91. The van der Waals surface area contributed by atoms with Gasteiger partial charge in [-0.3, -0.25) is 0 Å². The van der Waals surface area contributed by atoms with E-state index in [9.17, 15) is 9.90 Å². The summed E-state index contributed by atoms with van der Waals surface area (Å²) >= 11 is 0. The van der Waals surface area contributed by atoms with Crippen LogP contribution in [0.1, 0.15) is 33.2 Å². The van der Waals surface area contributed by atoms with Gasteiger partial charge in [0.05, 0.1) is 11.1 Å². The summed E-state index contributed by atoms with van der Waals surface area (Å²) in [5.41, 5.74) is 4.32. The number of nitrogens with one attached hydrogen (secondary N) is 1. The average Bonchev–Trinajstić information content (AvgIpc) is 3.09. The second kappa shape index (κ2) is 4.45. The summed E-state index contributed by atoms with van der Waals surface area (Å²) < 4.78 is 0. The highest BCUT2D eigenvalue weighted by molar-refractivity contribution is 6.00. The number of para-hydroxylation sites is 1. The van der Waals surface area contributed by atoms with Crippen molar-refractivity contribution in [2.45, 2.75) is 18.8 Å². The SMILES string of the molecule is O=C(O)c1cccc2[nH]c(C3Cc4ccccc4C3)nc12. The van der Waals surface area contributed by atoms with Crippen LogP contribution in [0.5, 0.6) is 0 Å². The van der Waals surface area contributed by atoms with Gasteiger partial charge in [0, 0.05) is 5.92 Å². The lowest BCUT2D eigenvalue weighted by atomic mass is 10.1. The second-order valence-corrected chi connectivity index (χ2v) is 5.50. The molecule has 1 aliphatic carbocycles. The minimum absolute atomic E-state index is 0.255. The molecule has 21 heavy (non-hydrogen) atoms. The van der Waals surface area contributed by atoms with E-state index in [0.717, 1.165) is 24.2 Å². The van der Waals surface area contributed by atoms with Crippen LogP contribution in [0.4, 0.5) is 0 Å². The van der Waals surface area contributed by atoms with E-state index >= 15 is 0 Å². The Kier molecular flexibility index (Phi) is 2.57. The topological polar surface area (TPSA) is 66.0 Å². The number of hydrogen-bond donors (Lipinski definition) is 2. The Hall–Kier alpha value is -2.62. The number of imidazole rings is 1. The highest BCUT2D eigenvalue weighted by Crippen LogP contribution is 2.33. The van der Waals surface area contributed by atoms with Crippen LogP contribution in [0.2, 0.25) is 0 Å². The smallest absolute Gasteiger partial charge is 0.337 e. The van der Waals surface area contributed by atoms with Gasteiger partial charge < -0.3 is 10.1 Å². The van der Waals surface area contributed by atoms with Gasteiger partial charge >= 0.3 is 5.97 Å². The normalized spacial score (nSPS) is 14.5. The molecule has 4 heteroatoms. The highest BCUT2D eigenvalue weighted by atomic mass is 16.4. The van der Waals surface area contributed by atoms with Crippen molar-refractivity contribution < 1.29 is 9.90 Å². The number of benzene rings is 2. The minimum atomic E-state index is -0.937. The molecule has 4 rings (SSSR count). The summed E-state index contributed by atoms with van der Waals surface area (Å²) in [5, 5.41) is 9.25. The van der Waals surface area contributed by atoms with Crippen LogP contribution in [0.25, 0.3) is 11.0 Å². The van der Waals surface area contributed by atoms with Crippen LogP contribution in [0.15, 0.2) is 42.5 Å². The molecular weight excluding hydrogens is 264 g/mol. The van der Waals surface area contributed by atoms with E-state index in [4.69, 9.17) is 0 Å². The lowest BCUT2D eigenvalue weighted by Gasteiger charge is -2.03. The first kappa shape index (κ1) is 12.1. The fraction of sp³-hybridized carbons (Fsp3) is 0.176. The van der Waals surface area contributed by atoms with Gasteiger partial charge in [0.2, 0.25) is 0 Å². The Labute approximate surface area is 121 Å². The quantitative estimate of drug-likeness (QED) is 0.756. The van der Waals surface area contributed by atoms with Gasteiger partial charge in [-0.15, -0.1) is 0 Å². The van der Waals surface area contributed by atoms with Crippen LogP contribution >= 0.6 is 0 Å². The number of H-pyrrole nitrogens is 1. The first-order valence-corrected chi connectivity index (χ1v) is 7.01. The molecule has 1 heterocycles. The predicted molar refractivity (Wildman–Crippen MR) is 79.6 cm³/mol. The average molecular weight is 278 g/mol. The molecule has 0 saturated carbocycles. The number of nitrogens with zero attached hydrogens (tertiary/aromatic N) is 1. The molecule has 0 amide bonds. The van der Waals surface area contributed by atoms with Crippen molar-refractivity contribution in [2.24, 2.45) is 0 Å². The van der Waals surface area contributed by atoms with Gasteiger partial charge in [-0.05, 0) is 36.1 Å². The standard InChI is InChI=1S/C17H14N2O2/c20-17(21)13-6-3-7-14-15(13)19-16(18-14)12-8-10-4-1-2-5-11(10)9-12/h1-7,12H,8-9H2,(H,18,19)(H,20,21). The molecule has 1 aliphatic rings. The summed E-state index contributed by atoms with van der Waals surface area (Å²) in [4.78, 5) is 19.1. The number of aromatic nitrogens is 2.